The number of carbonyl (C=O) groups excluding carboxylic acids is 2. The van der Waals surface area contributed by atoms with Gasteiger partial charge in [-0.05, 0) is 24.6 Å². The second kappa shape index (κ2) is 5.17. The van der Waals surface area contributed by atoms with Gasteiger partial charge in [-0.3, -0.25) is 9.59 Å². The quantitative estimate of drug-likeness (QED) is 0.762. The molecule has 1 saturated heterocycles. The van der Waals surface area contributed by atoms with Crippen LogP contribution in [0.1, 0.15) is 16.8 Å². The Kier molecular flexibility index (Phi) is 3.59. The highest BCUT2D eigenvalue weighted by atomic mass is 16.5. The van der Waals surface area contributed by atoms with E-state index < -0.39 is 0 Å². The van der Waals surface area contributed by atoms with Crippen LogP contribution in [0.5, 0.6) is 5.75 Å². The largest absolute Gasteiger partial charge is 0.495 e. The number of methoxy groups -OCH3 is 1. The minimum Gasteiger partial charge on any atom is -0.495 e. The van der Waals surface area contributed by atoms with Crippen molar-refractivity contribution < 1.29 is 14.3 Å². The Bertz CT molecular complexity index is 516. The monoisotopic (exact) mass is 263 g/mol. The average molecular weight is 263 g/mol. The Morgan fingerprint density at radius 1 is 1.42 bits per heavy atom. The molecule has 1 aliphatic heterocycles. The van der Waals surface area contributed by atoms with Crippen LogP contribution in [-0.4, -0.2) is 36.9 Å². The lowest BCUT2D eigenvalue weighted by Gasteiger charge is -2.16. The van der Waals surface area contributed by atoms with Gasteiger partial charge in [0.25, 0.3) is 5.91 Å². The van der Waals surface area contributed by atoms with E-state index in [4.69, 9.17) is 16.2 Å². The first-order valence-electron chi connectivity index (χ1n) is 6.05. The molecule has 0 aromatic heterocycles. The van der Waals surface area contributed by atoms with Crippen LogP contribution < -0.4 is 16.2 Å². The minimum absolute atomic E-state index is 0.137. The highest BCUT2D eigenvalue weighted by molar-refractivity contribution is 5.96. The van der Waals surface area contributed by atoms with Crippen LogP contribution in [0.15, 0.2) is 18.2 Å². The van der Waals surface area contributed by atoms with Crippen molar-refractivity contribution in [3.63, 3.8) is 0 Å². The summed E-state index contributed by atoms with van der Waals surface area (Å²) in [5, 5.41) is 0. The zero-order valence-electron chi connectivity index (χ0n) is 10.8. The molecule has 6 heteroatoms. The summed E-state index contributed by atoms with van der Waals surface area (Å²) in [6, 6.07) is 4.89. The first kappa shape index (κ1) is 13.2. The Balaban J connectivity index is 2.14. The van der Waals surface area contributed by atoms with Crippen molar-refractivity contribution in [2.75, 3.05) is 25.9 Å². The molecule has 4 N–H and O–H groups in total. The highest BCUT2D eigenvalue weighted by Crippen LogP contribution is 2.24. The highest BCUT2D eigenvalue weighted by Gasteiger charge is 2.30. The van der Waals surface area contributed by atoms with E-state index in [2.05, 4.69) is 0 Å². The van der Waals surface area contributed by atoms with Crippen LogP contribution in [0.3, 0.4) is 0 Å². The number of ether oxygens (including phenoxy) is 1. The number of likely N-dealkylation sites (tertiary alicyclic amines) is 1. The summed E-state index contributed by atoms with van der Waals surface area (Å²) in [7, 11) is 1.50. The third kappa shape index (κ3) is 2.62. The number of nitrogen functional groups attached to an aromatic ring is 1. The minimum atomic E-state index is -0.356. The van der Waals surface area contributed by atoms with Crippen molar-refractivity contribution in [3.05, 3.63) is 23.8 Å². The molecule has 1 aromatic carbocycles. The van der Waals surface area contributed by atoms with Crippen LogP contribution in [0.2, 0.25) is 0 Å². The topological polar surface area (TPSA) is 98.6 Å². The van der Waals surface area contributed by atoms with Gasteiger partial charge in [-0.1, -0.05) is 0 Å². The van der Waals surface area contributed by atoms with Gasteiger partial charge >= 0.3 is 0 Å². The molecule has 19 heavy (non-hydrogen) atoms. The molecule has 0 radical (unpaired) electrons. The third-order valence-corrected chi connectivity index (χ3v) is 3.36. The third-order valence-electron chi connectivity index (χ3n) is 3.36. The molecule has 0 bridgehead atoms. The zero-order valence-corrected chi connectivity index (χ0v) is 10.8. The molecule has 0 saturated carbocycles. The maximum atomic E-state index is 12.3. The molecule has 0 spiro atoms. The van der Waals surface area contributed by atoms with Gasteiger partial charge in [0.2, 0.25) is 5.91 Å². The van der Waals surface area contributed by atoms with E-state index in [9.17, 15) is 9.59 Å². The van der Waals surface area contributed by atoms with Crippen molar-refractivity contribution >= 4 is 17.5 Å². The normalized spacial score (nSPS) is 18.4. The second-order valence-corrected chi connectivity index (χ2v) is 4.60. The Morgan fingerprint density at radius 3 is 2.74 bits per heavy atom. The fraction of sp³-hybridized carbons (Fsp3) is 0.385. The van der Waals surface area contributed by atoms with Gasteiger partial charge in [0, 0.05) is 18.7 Å². The fourth-order valence-corrected chi connectivity index (χ4v) is 2.20. The number of hydrogen-bond donors (Lipinski definition) is 2. The van der Waals surface area contributed by atoms with Gasteiger partial charge in [0.1, 0.15) is 5.75 Å². The molecular weight excluding hydrogens is 246 g/mol. The summed E-state index contributed by atoms with van der Waals surface area (Å²) in [5.41, 5.74) is 11.9. The number of primary amides is 1. The van der Waals surface area contributed by atoms with E-state index >= 15 is 0 Å². The van der Waals surface area contributed by atoms with Gasteiger partial charge in [-0.2, -0.15) is 0 Å². The maximum absolute atomic E-state index is 12.3. The zero-order chi connectivity index (χ0) is 14.0. The lowest BCUT2D eigenvalue weighted by Crippen LogP contribution is -2.31. The Morgan fingerprint density at radius 2 is 2.16 bits per heavy atom. The van der Waals surface area contributed by atoms with E-state index in [1.165, 1.54) is 7.11 Å². The van der Waals surface area contributed by atoms with Crippen LogP contribution >= 0.6 is 0 Å². The van der Waals surface area contributed by atoms with Crippen molar-refractivity contribution in [1.82, 2.24) is 4.90 Å². The first-order valence-corrected chi connectivity index (χ1v) is 6.05. The van der Waals surface area contributed by atoms with Crippen molar-refractivity contribution in [2.45, 2.75) is 6.42 Å². The van der Waals surface area contributed by atoms with Crippen LogP contribution in [0, 0.1) is 5.92 Å². The van der Waals surface area contributed by atoms with Gasteiger partial charge in [0.05, 0.1) is 18.7 Å². The molecule has 102 valence electrons. The number of benzene rings is 1. The second-order valence-electron chi connectivity index (χ2n) is 4.60. The van der Waals surface area contributed by atoms with Gasteiger partial charge in [0.15, 0.2) is 0 Å². The predicted molar refractivity (Wildman–Crippen MR) is 70.6 cm³/mol. The van der Waals surface area contributed by atoms with Crippen molar-refractivity contribution in [2.24, 2.45) is 11.7 Å². The molecule has 1 atom stereocenters. The van der Waals surface area contributed by atoms with Crippen LogP contribution in [0.25, 0.3) is 0 Å². The number of hydrogen-bond acceptors (Lipinski definition) is 4. The number of amides is 2. The first-order chi connectivity index (χ1) is 9.02. The lowest BCUT2D eigenvalue weighted by atomic mass is 10.1. The summed E-state index contributed by atoms with van der Waals surface area (Å²) < 4.78 is 5.09. The smallest absolute Gasteiger partial charge is 0.254 e. The Hall–Kier alpha value is -2.24. The molecule has 0 aliphatic carbocycles. The van der Waals surface area contributed by atoms with Crippen LogP contribution in [0.4, 0.5) is 5.69 Å². The van der Waals surface area contributed by atoms with E-state index in [0.717, 1.165) is 0 Å². The molecule has 6 nitrogen and oxygen atoms in total. The molecule has 1 unspecified atom stereocenters. The van der Waals surface area contributed by atoms with E-state index in [-0.39, 0.29) is 17.7 Å². The Labute approximate surface area is 111 Å². The van der Waals surface area contributed by atoms with Gasteiger partial charge < -0.3 is 21.1 Å². The van der Waals surface area contributed by atoms with Crippen molar-refractivity contribution in [3.8, 4) is 5.75 Å². The van der Waals surface area contributed by atoms with Crippen LogP contribution in [-0.2, 0) is 4.79 Å². The summed E-state index contributed by atoms with van der Waals surface area (Å²) >= 11 is 0. The standard InChI is InChI=1S/C13H17N3O3/c1-19-11-6-8(2-3-10(11)14)13(18)16-5-4-9(7-16)12(15)17/h2-3,6,9H,4-5,7,14H2,1H3,(H2,15,17). The summed E-state index contributed by atoms with van der Waals surface area (Å²) in [6.07, 6.45) is 0.618. The molecule has 1 aliphatic rings. The predicted octanol–water partition coefficient (Wildman–Crippen LogP) is 0.225. The van der Waals surface area contributed by atoms with E-state index in [0.29, 0.717) is 36.5 Å². The SMILES string of the molecule is COc1cc(C(=O)N2CCC(C(N)=O)C2)ccc1N. The van der Waals surface area contributed by atoms with E-state index in [1.807, 2.05) is 0 Å². The summed E-state index contributed by atoms with van der Waals surface area (Å²) in [5.74, 6) is -0.275. The molecular formula is C13H17N3O3. The van der Waals surface area contributed by atoms with E-state index in [1.54, 1.807) is 23.1 Å². The molecule has 2 rings (SSSR count). The average Bonchev–Trinajstić information content (AvgIpc) is 2.88. The number of rotatable bonds is 3. The number of anilines is 1. The number of nitrogens with two attached hydrogens (primary N) is 2. The maximum Gasteiger partial charge on any atom is 0.254 e. The summed E-state index contributed by atoms with van der Waals surface area (Å²) in [6.45, 7) is 0.917. The molecule has 1 heterocycles. The van der Waals surface area contributed by atoms with Gasteiger partial charge in [-0.25, -0.2) is 0 Å². The molecule has 1 aromatic rings. The molecule has 1 fully saturated rings. The fourth-order valence-electron chi connectivity index (χ4n) is 2.20. The lowest BCUT2D eigenvalue weighted by molar-refractivity contribution is -0.121. The molecule has 2 amide bonds. The van der Waals surface area contributed by atoms with Crippen molar-refractivity contribution in [1.29, 1.82) is 0 Å². The van der Waals surface area contributed by atoms with Gasteiger partial charge in [-0.15, -0.1) is 0 Å². The summed E-state index contributed by atoms with van der Waals surface area (Å²) in [4.78, 5) is 25.0. The number of nitrogens with zero attached hydrogens (tertiary/aromatic N) is 1. The number of carbonyl (C=O) groups is 2.